The zero-order valence-corrected chi connectivity index (χ0v) is 12.1. The molecule has 2 rings (SSSR count). The molecule has 1 atom stereocenters. The minimum atomic E-state index is 0.00786. The molecular weight excluding hydrogens is 246 g/mol. The Morgan fingerprint density at radius 1 is 1.33 bits per heavy atom. The SMILES string of the molecule is CNC(C)CC(C)(C)c1cc2cc(Cl)ccc2o1. The van der Waals surface area contributed by atoms with Crippen molar-refractivity contribution >= 4 is 22.6 Å². The molecule has 0 aliphatic rings. The highest BCUT2D eigenvalue weighted by atomic mass is 35.5. The van der Waals surface area contributed by atoms with Crippen LogP contribution in [0.3, 0.4) is 0 Å². The second kappa shape index (κ2) is 4.94. The van der Waals surface area contributed by atoms with Crippen LogP contribution in [0.4, 0.5) is 0 Å². The predicted octanol–water partition coefficient (Wildman–Crippen LogP) is 4.36. The van der Waals surface area contributed by atoms with Crippen LogP contribution >= 0.6 is 11.6 Å². The molecule has 98 valence electrons. The molecule has 1 aromatic carbocycles. The minimum Gasteiger partial charge on any atom is -0.461 e. The summed E-state index contributed by atoms with van der Waals surface area (Å²) in [6.07, 6.45) is 1.02. The number of benzene rings is 1. The van der Waals surface area contributed by atoms with Crippen LogP contribution < -0.4 is 5.32 Å². The fourth-order valence-electron chi connectivity index (χ4n) is 2.32. The van der Waals surface area contributed by atoms with Gasteiger partial charge in [0.25, 0.3) is 0 Å². The Hall–Kier alpha value is -0.990. The number of furan rings is 1. The lowest BCUT2D eigenvalue weighted by Gasteiger charge is -2.25. The Morgan fingerprint density at radius 2 is 2.06 bits per heavy atom. The molecule has 1 aromatic heterocycles. The highest BCUT2D eigenvalue weighted by molar-refractivity contribution is 6.31. The van der Waals surface area contributed by atoms with Crippen LogP contribution in [0, 0.1) is 0 Å². The summed E-state index contributed by atoms with van der Waals surface area (Å²) in [4.78, 5) is 0. The van der Waals surface area contributed by atoms with Crippen LogP contribution in [0.2, 0.25) is 5.02 Å². The third-order valence-electron chi connectivity index (χ3n) is 3.45. The van der Waals surface area contributed by atoms with Crippen molar-refractivity contribution in [3.05, 3.63) is 35.0 Å². The standard InChI is InChI=1S/C15H20ClNO/c1-10(17-4)9-15(2,3)14-8-11-7-12(16)5-6-13(11)18-14/h5-8,10,17H,9H2,1-4H3. The van der Waals surface area contributed by atoms with Gasteiger partial charge in [-0.15, -0.1) is 0 Å². The predicted molar refractivity (Wildman–Crippen MR) is 77.4 cm³/mol. The zero-order chi connectivity index (χ0) is 13.3. The molecule has 0 amide bonds. The lowest BCUT2D eigenvalue weighted by atomic mass is 9.83. The summed E-state index contributed by atoms with van der Waals surface area (Å²) < 4.78 is 5.95. The fraction of sp³-hybridized carbons (Fsp3) is 0.467. The summed E-state index contributed by atoms with van der Waals surface area (Å²) in [5.41, 5.74) is 0.910. The highest BCUT2D eigenvalue weighted by Gasteiger charge is 2.26. The van der Waals surface area contributed by atoms with Gasteiger partial charge in [0.05, 0.1) is 0 Å². The average molecular weight is 266 g/mol. The van der Waals surface area contributed by atoms with Crippen LogP contribution in [0.25, 0.3) is 11.0 Å². The van der Waals surface area contributed by atoms with Crippen LogP contribution in [0.15, 0.2) is 28.7 Å². The number of fused-ring (bicyclic) bond motifs is 1. The van der Waals surface area contributed by atoms with Gasteiger partial charge in [-0.1, -0.05) is 25.4 Å². The van der Waals surface area contributed by atoms with Crippen LogP contribution in [0.1, 0.15) is 33.0 Å². The molecule has 1 unspecified atom stereocenters. The smallest absolute Gasteiger partial charge is 0.134 e. The van der Waals surface area contributed by atoms with Gasteiger partial charge in [0.1, 0.15) is 11.3 Å². The summed E-state index contributed by atoms with van der Waals surface area (Å²) >= 11 is 6.00. The van der Waals surface area contributed by atoms with E-state index in [0.29, 0.717) is 6.04 Å². The van der Waals surface area contributed by atoms with Crippen molar-refractivity contribution in [2.45, 2.75) is 38.6 Å². The van der Waals surface area contributed by atoms with Gasteiger partial charge in [0, 0.05) is 21.9 Å². The summed E-state index contributed by atoms with van der Waals surface area (Å²) in [5, 5.41) is 5.09. The molecule has 0 spiro atoms. The van der Waals surface area contributed by atoms with Crippen LogP contribution in [-0.2, 0) is 5.41 Å². The Morgan fingerprint density at radius 3 is 2.72 bits per heavy atom. The maximum absolute atomic E-state index is 6.00. The average Bonchev–Trinajstić information content (AvgIpc) is 2.71. The summed E-state index contributed by atoms with van der Waals surface area (Å²) in [5.74, 6) is 1.02. The number of hydrogen-bond acceptors (Lipinski definition) is 2. The first-order valence-corrected chi connectivity index (χ1v) is 6.67. The molecule has 0 bridgehead atoms. The molecule has 0 fully saturated rings. The Bertz CT molecular complexity index is 544. The number of nitrogens with one attached hydrogen (secondary N) is 1. The molecule has 2 aromatic rings. The third kappa shape index (κ3) is 2.70. The Balaban J connectivity index is 2.35. The Kier molecular flexibility index (Phi) is 3.69. The molecule has 3 heteroatoms. The first kappa shape index (κ1) is 13.4. The van der Waals surface area contributed by atoms with Crippen LogP contribution in [0.5, 0.6) is 0 Å². The van der Waals surface area contributed by atoms with Crippen molar-refractivity contribution in [2.24, 2.45) is 0 Å². The van der Waals surface area contributed by atoms with E-state index in [1.165, 1.54) is 0 Å². The van der Waals surface area contributed by atoms with Crippen LogP contribution in [-0.4, -0.2) is 13.1 Å². The molecule has 0 saturated heterocycles. The first-order chi connectivity index (χ1) is 8.42. The van der Waals surface area contributed by atoms with Gasteiger partial charge in [-0.2, -0.15) is 0 Å². The quantitative estimate of drug-likeness (QED) is 0.888. The van der Waals surface area contributed by atoms with E-state index in [4.69, 9.17) is 16.0 Å². The highest BCUT2D eigenvalue weighted by Crippen LogP contribution is 2.33. The van der Waals surface area contributed by atoms with Gasteiger partial charge >= 0.3 is 0 Å². The molecule has 0 aliphatic heterocycles. The van der Waals surface area contributed by atoms with Crippen molar-refractivity contribution in [2.75, 3.05) is 7.05 Å². The van der Waals surface area contributed by atoms with Crippen molar-refractivity contribution in [1.29, 1.82) is 0 Å². The normalized spacial score (nSPS) is 14.1. The number of hydrogen-bond donors (Lipinski definition) is 1. The van der Waals surface area contributed by atoms with Gasteiger partial charge < -0.3 is 9.73 Å². The van der Waals surface area contributed by atoms with Gasteiger partial charge in [-0.05, 0) is 44.7 Å². The van der Waals surface area contributed by atoms with E-state index in [9.17, 15) is 0 Å². The number of rotatable bonds is 4. The van der Waals surface area contributed by atoms with Gasteiger partial charge in [0.2, 0.25) is 0 Å². The number of halogens is 1. The van der Waals surface area contributed by atoms with Gasteiger partial charge in [0.15, 0.2) is 0 Å². The maximum Gasteiger partial charge on any atom is 0.134 e. The molecule has 0 saturated carbocycles. The second-order valence-electron chi connectivity index (χ2n) is 5.57. The minimum absolute atomic E-state index is 0.00786. The topological polar surface area (TPSA) is 25.2 Å². The third-order valence-corrected chi connectivity index (χ3v) is 3.69. The maximum atomic E-state index is 6.00. The lowest BCUT2D eigenvalue weighted by molar-refractivity contribution is 0.341. The molecule has 0 aliphatic carbocycles. The van der Waals surface area contributed by atoms with E-state index in [-0.39, 0.29) is 5.41 Å². The van der Waals surface area contributed by atoms with Crippen molar-refractivity contribution in [3.63, 3.8) is 0 Å². The van der Waals surface area contributed by atoms with E-state index in [1.54, 1.807) is 0 Å². The molecule has 2 nitrogen and oxygen atoms in total. The van der Waals surface area contributed by atoms with Crippen molar-refractivity contribution in [1.82, 2.24) is 5.32 Å². The van der Waals surface area contributed by atoms with Crippen molar-refractivity contribution < 1.29 is 4.42 Å². The largest absolute Gasteiger partial charge is 0.461 e. The summed E-state index contributed by atoms with van der Waals surface area (Å²) in [6, 6.07) is 8.29. The lowest BCUT2D eigenvalue weighted by Crippen LogP contribution is -2.30. The van der Waals surface area contributed by atoms with Crippen molar-refractivity contribution in [3.8, 4) is 0 Å². The molecule has 1 heterocycles. The van der Waals surface area contributed by atoms with E-state index in [2.05, 4.69) is 32.2 Å². The molecular formula is C15H20ClNO. The van der Waals surface area contributed by atoms with Gasteiger partial charge in [-0.3, -0.25) is 0 Å². The summed E-state index contributed by atoms with van der Waals surface area (Å²) in [7, 11) is 1.99. The molecule has 1 N–H and O–H groups in total. The molecule has 0 radical (unpaired) electrons. The second-order valence-corrected chi connectivity index (χ2v) is 6.01. The monoisotopic (exact) mass is 265 g/mol. The Labute approximate surface area is 113 Å². The van der Waals surface area contributed by atoms with E-state index in [0.717, 1.165) is 28.2 Å². The fourth-order valence-corrected chi connectivity index (χ4v) is 2.50. The summed E-state index contributed by atoms with van der Waals surface area (Å²) in [6.45, 7) is 6.60. The van der Waals surface area contributed by atoms with E-state index >= 15 is 0 Å². The van der Waals surface area contributed by atoms with Gasteiger partial charge in [-0.25, -0.2) is 0 Å². The van der Waals surface area contributed by atoms with E-state index in [1.807, 2.05) is 25.2 Å². The molecule has 18 heavy (non-hydrogen) atoms. The zero-order valence-electron chi connectivity index (χ0n) is 11.4. The van der Waals surface area contributed by atoms with E-state index < -0.39 is 0 Å². The first-order valence-electron chi connectivity index (χ1n) is 6.29.